The Bertz CT molecular complexity index is 933. The minimum atomic E-state index is -1.40. The van der Waals surface area contributed by atoms with Gasteiger partial charge in [0.25, 0.3) is 5.91 Å². The molecule has 0 bridgehead atoms. The second-order valence-corrected chi connectivity index (χ2v) is 8.64. The number of carbonyl (C=O) groups excluding carboxylic acids is 4. The first-order chi connectivity index (χ1) is 15.8. The van der Waals surface area contributed by atoms with Crippen LogP contribution in [0.5, 0.6) is 5.75 Å². The van der Waals surface area contributed by atoms with Crippen LogP contribution in [0, 0.1) is 18.4 Å². The fourth-order valence-electron chi connectivity index (χ4n) is 2.97. The maximum Gasteiger partial charge on any atom is 0.408 e. The Kier molecular flexibility index (Phi) is 10.4. The van der Waals surface area contributed by atoms with Crippen molar-refractivity contribution in [3.8, 4) is 18.2 Å². The van der Waals surface area contributed by atoms with Gasteiger partial charge >= 0.3 is 12.1 Å². The fourth-order valence-corrected chi connectivity index (χ4v) is 2.97. The summed E-state index contributed by atoms with van der Waals surface area (Å²) in [7, 11) is 1.16. The standard InChI is InChI=1S/C24H33N3O7/c1-8-15(3)19(26-23(32)34-24(4,5)6)22(31)27(9-2)20(16-11-10-12-17(28)13-16)21(30)25-14-18(29)33-7/h2,10-13,15,19-20,28H,8,14H2,1,3-7H3,(H,25,30)(H,26,32). The molecule has 1 aromatic carbocycles. The predicted molar refractivity (Wildman–Crippen MR) is 124 cm³/mol. The van der Waals surface area contributed by atoms with Crippen molar-refractivity contribution in [2.45, 2.75) is 58.7 Å². The highest BCUT2D eigenvalue weighted by molar-refractivity contribution is 5.94. The Morgan fingerprint density at radius 3 is 2.38 bits per heavy atom. The van der Waals surface area contributed by atoms with Crippen molar-refractivity contribution in [2.75, 3.05) is 13.7 Å². The quantitative estimate of drug-likeness (QED) is 0.283. The van der Waals surface area contributed by atoms with Gasteiger partial charge in [-0.2, -0.15) is 0 Å². The van der Waals surface area contributed by atoms with E-state index < -0.39 is 48.1 Å². The number of nitrogens with one attached hydrogen (secondary N) is 2. The number of hydrogen-bond acceptors (Lipinski definition) is 7. The topological polar surface area (TPSA) is 134 Å². The molecule has 0 aliphatic heterocycles. The number of benzene rings is 1. The summed E-state index contributed by atoms with van der Waals surface area (Å²) < 4.78 is 9.81. The van der Waals surface area contributed by atoms with E-state index >= 15 is 0 Å². The molecule has 0 saturated heterocycles. The summed E-state index contributed by atoms with van der Waals surface area (Å²) in [5.74, 6) is -2.73. The van der Waals surface area contributed by atoms with Crippen LogP contribution in [-0.2, 0) is 23.9 Å². The van der Waals surface area contributed by atoms with Crippen molar-refractivity contribution in [1.29, 1.82) is 0 Å². The lowest BCUT2D eigenvalue weighted by Gasteiger charge is -2.32. The number of alkyl carbamates (subject to hydrolysis) is 1. The SMILES string of the molecule is C#CN(C(=O)C(NC(=O)OC(C)(C)C)C(C)CC)C(C(=O)NCC(=O)OC)c1cccc(O)c1. The summed E-state index contributed by atoms with van der Waals surface area (Å²) >= 11 is 0. The molecule has 0 saturated carbocycles. The Labute approximate surface area is 200 Å². The molecule has 3 atom stereocenters. The van der Waals surface area contributed by atoms with Crippen LogP contribution in [-0.4, -0.2) is 59.2 Å². The van der Waals surface area contributed by atoms with Gasteiger partial charge in [0, 0.05) is 6.04 Å². The molecule has 0 aromatic heterocycles. The van der Waals surface area contributed by atoms with Crippen LogP contribution in [0.4, 0.5) is 4.79 Å². The zero-order chi connectivity index (χ0) is 26.1. The Morgan fingerprint density at radius 1 is 1.24 bits per heavy atom. The zero-order valence-corrected chi connectivity index (χ0v) is 20.4. The minimum absolute atomic E-state index is 0.155. The zero-order valence-electron chi connectivity index (χ0n) is 20.4. The van der Waals surface area contributed by atoms with Crippen LogP contribution in [0.25, 0.3) is 0 Å². The van der Waals surface area contributed by atoms with Gasteiger partial charge < -0.3 is 25.2 Å². The predicted octanol–water partition coefficient (Wildman–Crippen LogP) is 2.08. The Balaban J connectivity index is 3.38. The van der Waals surface area contributed by atoms with Crippen molar-refractivity contribution < 1.29 is 33.8 Å². The second kappa shape index (κ2) is 12.5. The molecule has 3 amide bonds. The molecule has 3 N–H and O–H groups in total. The van der Waals surface area contributed by atoms with Crippen LogP contribution in [0.2, 0.25) is 0 Å². The van der Waals surface area contributed by atoms with E-state index in [1.54, 1.807) is 27.7 Å². The number of ether oxygens (including phenoxy) is 2. The smallest absolute Gasteiger partial charge is 0.408 e. The van der Waals surface area contributed by atoms with Gasteiger partial charge in [0.1, 0.15) is 30.0 Å². The van der Waals surface area contributed by atoms with Gasteiger partial charge in [-0.1, -0.05) is 38.8 Å². The lowest BCUT2D eigenvalue weighted by molar-refractivity contribution is -0.143. The van der Waals surface area contributed by atoms with Gasteiger partial charge in [-0.25, -0.2) is 4.79 Å². The first-order valence-corrected chi connectivity index (χ1v) is 10.8. The average Bonchev–Trinajstić information content (AvgIpc) is 2.76. The maximum atomic E-state index is 13.6. The molecule has 1 rings (SSSR count). The Morgan fingerprint density at radius 2 is 1.88 bits per heavy atom. The minimum Gasteiger partial charge on any atom is -0.508 e. The van der Waals surface area contributed by atoms with Crippen LogP contribution in [0.1, 0.15) is 52.6 Å². The first kappa shape index (κ1) is 28.3. The highest BCUT2D eigenvalue weighted by Gasteiger charge is 2.38. The molecular weight excluding hydrogens is 442 g/mol. The number of aromatic hydroxyl groups is 1. The molecule has 10 nitrogen and oxygen atoms in total. The van der Waals surface area contributed by atoms with E-state index in [1.165, 1.54) is 24.3 Å². The van der Waals surface area contributed by atoms with Crippen molar-refractivity contribution in [3.05, 3.63) is 29.8 Å². The van der Waals surface area contributed by atoms with Gasteiger partial charge in [0.05, 0.1) is 7.11 Å². The summed E-state index contributed by atoms with van der Waals surface area (Å²) in [5.41, 5.74) is -0.592. The monoisotopic (exact) mass is 475 g/mol. The van der Waals surface area contributed by atoms with Crippen molar-refractivity contribution in [1.82, 2.24) is 15.5 Å². The third kappa shape index (κ3) is 8.31. The first-order valence-electron chi connectivity index (χ1n) is 10.8. The van der Waals surface area contributed by atoms with Gasteiger partial charge in [0.15, 0.2) is 0 Å². The average molecular weight is 476 g/mol. The van der Waals surface area contributed by atoms with Crippen molar-refractivity contribution >= 4 is 23.9 Å². The van der Waals surface area contributed by atoms with E-state index in [9.17, 15) is 24.3 Å². The molecular formula is C24H33N3O7. The number of phenolic OH excluding ortho intramolecular Hbond substituents is 1. The van der Waals surface area contributed by atoms with E-state index in [-0.39, 0.29) is 17.2 Å². The molecule has 0 spiro atoms. The van der Waals surface area contributed by atoms with Gasteiger partial charge in [-0.3, -0.25) is 19.3 Å². The number of esters is 1. The largest absolute Gasteiger partial charge is 0.508 e. The van der Waals surface area contributed by atoms with E-state index in [1.807, 2.05) is 6.92 Å². The molecule has 10 heteroatoms. The lowest BCUT2D eigenvalue weighted by atomic mass is 9.96. The molecule has 1 aromatic rings. The number of methoxy groups -OCH3 is 1. The summed E-state index contributed by atoms with van der Waals surface area (Å²) in [6, 6.07) is 5.36. The molecule has 3 unspecified atom stereocenters. The number of terminal acetylenes is 1. The summed E-state index contributed by atoms with van der Waals surface area (Å²) in [5, 5.41) is 14.9. The molecule has 0 fully saturated rings. The molecule has 0 heterocycles. The van der Waals surface area contributed by atoms with E-state index in [4.69, 9.17) is 11.2 Å². The molecule has 34 heavy (non-hydrogen) atoms. The highest BCUT2D eigenvalue weighted by Crippen LogP contribution is 2.26. The van der Waals surface area contributed by atoms with E-state index in [0.29, 0.717) is 6.42 Å². The lowest BCUT2D eigenvalue weighted by Crippen LogP contribution is -2.54. The van der Waals surface area contributed by atoms with Crippen LogP contribution in [0.3, 0.4) is 0 Å². The molecule has 186 valence electrons. The molecule has 0 aliphatic carbocycles. The van der Waals surface area contributed by atoms with Crippen molar-refractivity contribution in [3.63, 3.8) is 0 Å². The number of amides is 3. The Hall–Kier alpha value is -3.74. The molecule has 0 aliphatic rings. The van der Waals surface area contributed by atoms with Gasteiger partial charge in [-0.15, -0.1) is 0 Å². The van der Waals surface area contributed by atoms with E-state index in [0.717, 1.165) is 12.0 Å². The van der Waals surface area contributed by atoms with Gasteiger partial charge in [0.2, 0.25) is 5.91 Å². The molecule has 0 radical (unpaired) electrons. The second-order valence-electron chi connectivity index (χ2n) is 8.64. The number of hydrogen-bond donors (Lipinski definition) is 3. The maximum absolute atomic E-state index is 13.6. The summed E-state index contributed by atoms with van der Waals surface area (Å²) in [6.45, 7) is 8.17. The van der Waals surface area contributed by atoms with Gasteiger partial charge in [-0.05, 0) is 44.4 Å². The summed E-state index contributed by atoms with van der Waals surface area (Å²) in [4.78, 5) is 51.4. The highest BCUT2D eigenvalue weighted by atomic mass is 16.6. The number of phenols is 1. The normalized spacial score (nSPS) is 13.4. The fraction of sp³-hybridized carbons (Fsp3) is 0.500. The van der Waals surface area contributed by atoms with Crippen LogP contribution < -0.4 is 10.6 Å². The third-order valence-electron chi connectivity index (χ3n) is 4.85. The van der Waals surface area contributed by atoms with Crippen molar-refractivity contribution in [2.24, 2.45) is 5.92 Å². The number of nitrogens with zero attached hydrogens (tertiary/aromatic N) is 1. The summed E-state index contributed by atoms with van der Waals surface area (Å²) in [6.07, 6.45) is 5.36. The van der Waals surface area contributed by atoms with Crippen LogP contribution in [0.15, 0.2) is 24.3 Å². The number of carbonyl (C=O) groups is 4. The van der Waals surface area contributed by atoms with Crippen LogP contribution >= 0.6 is 0 Å². The van der Waals surface area contributed by atoms with E-state index in [2.05, 4.69) is 21.4 Å². The number of rotatable bonds is 9. The third-order valence-corrected chi connectivity index (χ3v) is 4.85.